The van der Waals surface area contributed by atoms with Gasteiger partial charge in [-0.1, -0.05) is 35.6 Å². The molecular formula is C18H18N4O2S. The number of carbonyl (C=O) groups excluding carboxylic acids is 1. The molecule has 2 amide bonds. The lowest BCUT2D eigenvalue weighted by atomic mass is 10.1. The largest absolute Gasteiger partial charge is 0.378 e. The van der Waals surface area contributed by atoms with Crippen LogP contribution in [0.5, 0.6) is 0 Å². The normalized spacial score (nSPS) is 14.7. The Balaban J connectivity index is 1.58. The maximum Gasteiger partial charge on any atom is 0.323 e. The zero-order valence-corrected chi connectivity index (χ0v) is 14.7. The van der Waals surface area contributed by atoms with Crippen LogP contribution in [0, 0.1) is 6.92 Å². The summed E-state index contributed by atoms with van der Waals surface area (Å²) in [5.41, 5.74) is 4.00. The summed E-state index contributed by atoms with van der Waals surface area (Å²) in [6, 6.07) is 11.9. The molecule has 1 aliphatic heterocycles. The Morgan fingerprint density at radius 2 is 1.96 bits per heavy atom. The van der Waals surface area contributed by atoms with Crippen LogP contribution in [-0.4, -0.2) is 47.2 Å². The molecule has 0 radical (unpaired) electrons. The minimum absolute atomic E-state index is 0.138. The van der Waals surface area contributed by atoms with Crippen LogP contribution in [0.4, 0.5) is 9.93 Å². The van der Waals surface area contributed by atoms with Crippen molar-refractivity contribution in [3.8, 4) is 11.3 Å². The molecule has 2 aromatic heterocycles. The number of benzene rings is 1. The predicted octanol–water partition coefficient (Wildman–Crippen LogP) is 3.53. The van der Waals surface area contributed by atoms with Crippen molar-refractivity contribution in [2.45, 2.75) is 6.92 Å². The minimum Gasteiger partial charge on any atom is -0.378 e. The van der Waals surface area contributed by atoms with Gasteiger partial charge in [-0.3, -0.25) is 5.32 Å². The second-order valence-corrected chi connectivity index (χ2v) is 6.86. The first-order valence-corrected chi connectivity index (χ1v) is 8.99. The molecule has 0 atom stereocenters. The Morgan fingerprint density at radius 1 is 1.16 bits per heavy atom. The summed E-state index contributed by atoms with van der Waals surface area (Å²) < 4.78 is 5.27. The first kappa shape index (κ1) is 16.0. The molecule has 1 aliphatic rings. The van der Waals surface area contributed by atoms with Crippen LogP contribution >= 0.6 is 11.3 Å². The number of aryl methyl sites for hydroxylation is 1. The molecule has 4 rings (SSSR count). The quantitative estimate of drug-likeness (QED) is 0.764. The number of pyridine rings is 1. The molecule has 0 aliphatic carbocycles. The Kier molecular flexibility index (Phi) is 4.33. The molecule has 0 unspecified atom stereocenters. The molecule has 7 heteroatoms. The van der Waals surface area contributed by atoms with Gasteiger partial charge in [-0.05, 0) is 24.6 Å². The Morgan fingerprint density at radius 3 is 2.76 bits per heavy atom. The fraction of sp³-hybridized carbons (Fsp3) is 0.278. The molecule has 25 heavy (non-hydrogen) atoms. The van der Waals surface area contributed by atoms with Crippen molar-refractivity contribution in [3.05, 3.63) is 42.0 Å². The number of amides is 2. The van der Waals surface area contributed by atoms with Gasteiger partial charge >= 0.3 is 6.03 Å². The SMILES string of the molecule is Cc1ccccc1-c1ccc2nc(NC(=O)N3CCOCC3)sc2n1. The summed E-state index contributed by atoms with van der Waals surface area (Å²) in [6.07, 6.45) is 0. The van der Waals surface area contributed by atoms with E-state index in [1.165, 1.54) is 16.9 Å². The maximum atomic E-state index is 12.3. The van der Waals surface area contributed by atoms with Crippen LogP contribution < -0.4 is 5.32 Å². The Hall–Kier alpha value is -2.51. The van der Waals surface area contributed by atoms with Crippen LogP contribution in [0.3, 0.4) is 0 Å². The number of nitrogens with zero attached hydrogens (tertiary/aromatic N) is 3. The van der Waals surface area contributed by atoms with Crippen molar-refractivity contribution < 1.29 is 9.53 Å². The third kappa shape index (κ3) is 3.33. The number of urea groups is 1. The zero-order valence-electron chi connectivity index (χ0n) is 13.9. The van der Waals surface area contributed by atoms with Crippen LogP contribution in [0.15, 0.2) is 36.4 Å². The van der Waals surface area contributed by atoms with E-state index < -0.39 is 0 Å². The van der Waals surface area contributed by atoms with Gasteiger partial charge in [0.15, 0.2) is 5.13 Å². The number of anilines is 1. The lowest BCUT2D eigenvalue weighted by Crippen LogP contribution is -2.43. The highest BCUT2D eigenvalue weighted by Crippen LogP contribution is 2.28. The standard InChI is InChI=1S/C18H18N4O2S/c1-12-4-2-3-5-13(12)14-6-7-15-16(19-14)25-17(20-15)21-18(23)22-8-10-24-11-9-22/h2-7H,8-11H2,1H3,(H,20,21,23). The molecule has 0 bridgehead atoms. The van der Waals surface area contributed by atoms with E-state index in [0.717, 1.165) is 21.6 Å². The van der Waals surface area contributed by atoms with E-state index >= 15 is 0 Å². The van der Waals surface area contributed by atoms with E-state index in [2.05, 4.69) is 29.4 Å². The average Bonchev–Trinajstić information content (AvgIpc) is 3.04. The fourth-order valence-corrected chi connectivity index (χ4v) is 3.65. The van der Waals surface area contributed by atoms with Crippen molar-refractivity contribution in [2.75, 3.05) is 31.6 Å². The number of thiazole rings is 1. The third-order valence-electron chi connectivity index (χ3n) is 4.19. The molecule has 0 saturated carbocycles. The molecule has 1 N–H and O–H groups in total. The van der Waals surface area contributed by atoms with Crippen LogP contribution in [0.2, 0.25) is 0 Å². The molecular weight excluding hydrogens is 336 g/mol. The van der Waals surface area contributed by atoms with Crippen LogP contribution in [-0.2, 0) is 4.74 Å². The maximum absolute atomic E-state index is 12.3. The van der Waals surface area contributed by atoms with Gasteiger partial charge < -0.3 is 9.64 Å². The first-order chi connectivity index (χ1) is 12.2. The van der Waals surface area contributed by atoms with E-state index in [4.69, 9.17) is 9.72 Å². The summed E-state index contributed by atoms with van der Waals surface area (Å²) >= 11 is 1.39. The van der Waals surface area contributed by atoms with E-state index in [1.807, 2.05) is 24.3 Å². The molecule has 3 aromatic rings. The second kappa shape index (κ2) is 6.78. The molecule has 128 valence electrons. The molecule has 6 nitrogen and oxygen atoms in total. The topological polar surface area (TPSA) is 67.4 Å². The van der Waals surface area contributed by atoms with Gasteiger partial charge in [0.05, 0.1) is 18.9 Å². The first-order valence-electron chi connectivity index (χ1n) is 8.18. The van der Waals surface area contributed by atoms with Gasteiger partial charge in [-0.25, -0.2) is 14.8 Å². The lowest BCUT2D eigenvalue weighted by Gasteiger charge is -2.26. The number of carbonyl (C=O) groups is 1. The minimum atomic E-state index is -0.138. The number of ether oxygens (including phenoxy) is 1. The predicted molar refractivity (Wildman–Crippen MR) is 99.0 cm³/mol. The molecule has 3 heterocycles. The number of hydrogen-bond donors (Lipinski definition) is 1. The van der Waals surface area contributed by atoms with Gasteiger partial charge in [0.1, 0.15) is 10.3 Å². The smallest absolute Gasteiger partial charge is 0.323 e. The molecule has 0 spiro atoms. The van der Waals surface area contributed by atoms with Gasteiger partial charge in [0, 0.05) is 18.7 Å². The second-order valence-electron chi connectivity index (χ2n) is 5.88. The highest BCUT2D eigenvalue weighted by Gasteiger charge is 2.18. The molecule has 1 saturated heterocycles. The van der Waals surface area contributed by atoms with Gasteiger partial charge in [0.25, 0.3) is 0 Å². The number of fused-ring (bicyclic) bond motifs is 1. The zero-order chi connectivity index (χ0) is 17.2. The van der Waals surface area contributed by atoms with Gasteiger partial charge in [0.2, 0.25) is 0 Å². The van der Waals surface area contributed by atoms with Gasteiger partial charge in [-0.2, -0.15) is 0 Å². The van der Waals surface area contributed by atoms with Crippen molar-refractivity contribution in [1.82, 2.24) is 14.9 Å². The van der Waals surface area contributed by atoms with Crippen molar-refractivity contribution in [3.63, 3.8) is 0 Å². The van der Waals surface area contributed by atoms with E-state index in [9.17, 15) is 4.79 Å². The van der Waals surface area contributed by atoms with Gasteiger partial charge in [-0.15, -0.1) is 0 Å². The number of rotatable bonds is 2. The summed E-state index contributed by atoms with van der Waals surface area (Å²) in [7, 11) is 0. The van der Waals surface area contributed by atoms with E-state index in [-0.39, 0.29) is 6.03 Å². The summed E-state index contributed by atoms with van der Waals surface area (Å²) in [5.74, 6) is 0. The molecule has 1 fully saturated rings. The average molecular weight is 354 g/mol. The number of morpholine rings is 1. The van der Waals surface area contributed by atoms with Crippen LogP contribution in [0.25, 0.3) is 21.6 Å². The van der Waals surface area contributed by atoms with Crippen molar-refractivity contribution in [1.29, 1.82) is 0 Å². The highest BCUT2D eigenvalue weighted by molar-refractivity contribution is 7.21. The third-order valence-corrected chi connectivity index (χ3v) is 5.07. The summed E-state index contributed by atoms with van der Waals surface area (Å²) in [5, 5.41) is 3.44. The van der Waals surface area contributed by atoms with Crippen molar-refractivity contribution >= 4 is 32.8 Å². The van der Waals surface area contributed by atoms with Crippen LogP contribution in [0.1, 0.15) is 5.56 Å². The van der Waals surface area contributed by atoms with E-state index in [1.54, 1.807) is 4.90 Å². The highest BCUT2D eigenvalue weighted by atomic mass is 32.1. The summed E-state index contributed by atoms with van der Waals surface area (Å²) in [6.45, 7) is 4.43. The Bertz CT molecular complexity index is 918. The van der Waals surface area contributed by atoms with Crippen molar-refractivity contribution in [2.24, 2.45) is 0 Å². The Labute approximate surface area is 149 Å². The number of aromatic nitrogens is 2. The number of hydrogen-bond acceptors (Lipinski definition) is 5. The summed E-state index contributed by atoms with van der Waals surface area (Å²) in [4.78, 5) is 24.0. The monoisotopic (exact) mass is 354 g/mol. The fourth-order valence-electron chi connectivity index (χ4n) is 2.82. The lowest BCUT2D eigenvalue weighted by molar-refractivity contribution is 0.0564. The molecule has 1 aromatic carbocycles. The number of nitrogens with one attached hydrogen (secondary N) is 1. The van der Waals surface area contributed by atoms with E-state index in [0.29, 0.717) is 31.4 Å².